The van der Waals surface area contributed by atoms with E-state index in [4.69, 9.17) is 5.53 Å². The van der Waals surface area contributed by atoms with Crippen LogP contribution < -0.4 is 0 Å². The summed E-state index contributed by atoms with van der Waals surface area (Å²) >= 11 is 0. The van der Waals surface area contributed by atoms with Gasteiger partial charge in [0, 0.05) is 10.8 Å². The first kappa shape index (κ1) is 15.4. The van der Waals surface area contributed by atoms with Gasteiger partial charge in [0.1, 0.15) is 0 Å². The zero-order valence-electron chi connectivity index (χ0n) is 13.2. The van der Waals surface area contributed by atoms with Crippen LogP contribution in [0.2, 0.25) is 0 Å². The molecule has 0 radical (unpaired) electrons. The molecule has 2 aromatic rings. The van der Waals surface area contributed by atoms with Gasteiger partial charge in [0.2, 0.25) is 0 Å². The second-order valence-corrected chi connectivity index (χ2v) is 6.19. The van der Waals surface area contributed by atoms with E-state index in [1.807, 2.05) is 12.1 Å². The molecule has 0 saturated carbocycles. The van der Waals surface area contributed by atoms with Crippen molar-refractivity contribution in [3.63, 3.8) is 0 Å². The summed E-state index contributed by atoms with van der Waals surface area (Å²) < 4.78 is 0. The summed E-state index contributed by atoms with van der Waals surface area (Å²) in [5, 5.41) is 4.29. The highest BCUT2D eigenvalue weighted by molar-refractivity contribution is 5.39. The molecular weight excluding hydrogens is 282 g/mol. The molecule has 0 spiro atoms. The Morgan fingerprint density at radius 1 is 1.17 bits per heavy atom. The lowest BCUT2D eigenvalue weighted by molar-refractivity contribution is 0.314. The first-order valence-corrected chi connectivity index (χ1v) is 8.09. The van der Waals surface area contributed by atoms with E-state index in [1.165, 1.54) is 16.7 Å². The summed E-state index contributed by atoms with van der Waals surface area (Å²) in [6, 6.07) is 18.8. The van der Waals surface area contributed by atoms with Crippen molar-refractivity contribution in [1.29, 1.82) is 0 Å². The number of hydrogen-bond donors (Lipinski definition) is 0. The quantitative estimate of drug-likeness (QED) is 0.299. The van der Waals surface area contributed by atoms with Gasteiger partial charge in [-0.05, 0) is 47.9 Å². The Morgan fingerprint density at radius 3 is 2.65 bits per heavy atom. The fraction of sp³-hybridized carbons (Fsp3) is 0.300. The number of aryl methyl sites for hydroxylation is 2. The van der Waals surface area contributed by atoms with Crippen molar-refractivity contribution in [3.8, 4) is 0 Å². The molecule has 1 aliphatic carbocycles. The van der Waals surface area contributed by atoms with Gasteiger partial charge < -0.3 is 0 Å². The van der Waals surface area contributed by atoms with Gasteiger partial charge in [-0.15, -0.1) is 6.58 Å². The van der Waals surface area contributed by atoms with Gasteiger partial charge in [0.05, 0.1) is 5.54 Å². The fourth-order valence-electron chi connectivity index (χ4n) is 3.74. The summed E-state index contributed by atoms with van der Waals surface area (Å²) in [5.74, 6) is 0.0760. The maximum Gasteiger partial charge on any atom is 0.0597 e. The molecule has 0 amide bonds. The van der Waals surface area contributed by atoms with Crippen molar-refractivity contribution < 1.29 is 0 Å². The van der Waals surface area contributed by atoms with Crippen molar-refractivity contribution in [2.75, 3.05) is 0 Å². The Balaban J connectivity index is 1.94. The molecule has 0 fully saturated rings. The van der Waals surface area contributed by atoms with Crippen molar-refractivity contribution in [2.24, 2.45) is 5.11 Å². The monoisotopic (exact) mass is 303 g/mol. The summed E-state index contributed by atoms with van der Waals surface area (Å²) in [7, 11) is 0. The highest BCUT2D eigenvalue weighted by Crippen LogP contribution is 2.45. The first-order chi connectivity index (χ1) is 11.3. The molecule has 2 atom stereocenters. The van der Waals surface area contributed by atoms with E-state index in [-0.39, 0.29) is 5.92 Å². The molecule has 0 saturated heterocycles. The minimum absolute atomic E-state index is 0.0760. The van der Waals surface area contributed by atoms with Gasteiger partial charge in [0.15, 0.2) is 0 Å². The number of hydrogen-bond acceptors (Lipinski definition) is 1. The zero-order valence-corrected chi connectivity index (χ0v) is 13.2. The maximum absolute atomic E-state index is 9.17. The van der Waals surface area contributed by atoms with Gasteiger partial charge in [-0.3, -0.25) is 0 Å². The molecule has 0 bridgehead atoms. The van der Waals surface area contributed by atoms with Crippen molar-refractivity contribution in [1.82, 2.24) is 0 Å². The Labute approximate surface area is 137 Å². The largest absolute Gasteiger partial charge is 0.102 e. The van der Waals surface area contributed by atoms with E-state index in [1.54, 1.807) is 0 Å². The summed E-state index contributed by atoms with van der Waals surface area (Å²) in [6.45, 7) is 4.03. The second-order valence-electron chi connectivity index (χ2n) is 6.19. The van der Waals surface area contributed by atoms with E-state index >= 15 is 0 Å². The lowest BCUT2D eigenvalue weighted by Gasteiger charge is -2.40. The van der Waals surface area contributed by atoms with Crippen molar-refractivity contribution in [2.45, 2.75) is 37.1 Å². The molecule has 3 rings (SSSR count). The molecule has 3 heteroatoms. The summed E-state index contributed by atoms with van der Waals surface area (Å²) in [6.07, 6.45) is 5.53. The van der Waals surface area contributed by atoms with Crippen LogP contribution in [0.25, 0.3) is 10.4 Å². The topological polar surface area (TPSA) is 48.8 Å². The SMILES string of the molecule is C=C[C@H]1c2ccccc2CC[C@@]1(CCc1ccccc1)N=[N+]=[N-]. The van der Waals surface area contributed by atoms with Crippen LogP contribution in [0.5, 0.6) is 0 Å². The van der Waals surface area contributed by atoms with Crippen LogP contribution in [-0.2, 0) is 12.8 Å². The molecule has 23 heavy (non-hydrogen) atoms. The van der Waals surface area contributed by atoms with Gasteiger partial charge in [-0.25, -0.2) is 0 Å². The minimum Gasteiger partial charge on any atom is -0.102 e. The molecule has 1 aliphatic rings. The van der Waals surface area contributed by atoms with E-state index in [9.17, 15) is 0 Å². The Bertz CT molecular complexity index is 732. The number of benzene rings is 2. The van der Waals surface area contributed by atoms with Gasteiger partial charge in [-0.1, -0.05) is 65.8 Å². The van der Waals surface area contributed by atoms with Gasteiger partial charge in [-0.2, -0.15) is 0 Å². The summed E-state index contributed by atoms with van der Waals surface area (Å²) in [4.78, 5) is 3.19. The van der Waals surface area contributed by atoms with Gasteiger partial charge >= 0.3 is 0 Å². The van der Waals surface area contributed by atoms with Crippen molar-refractivity contribution in [3.05, 3.63) is 94.4 Å². The van der Waals surface area contributed by atoms with Crippen LogP contribution in [0.3, 0.4) is 0 Å². The third kappa shape index (κ3) is 3.01. The number of fused-ring (bicyclic) bond motifs is 1. The Morgan fingerprint density at radius 2 is 1.91 bits per heavy atom. The number of nitrogens with zero attached hydrogens (tertiary/aromatic N) is 3. The van der Waals surface area contributed by atoms with Crippen LogP contribution >= 0.6 is 0 Å². The van der Waals surface area contributed by atoms with Crippen LogP contribution in [0.15, 0.2) is 72.4 Å². The van der Waals surface area contributed by atoms with Gasteiger partial charge in [0.25, 0.3) is 0 Å². The molecule has 116 valence electrons. The predicted octanol–water partition coefficient (Wildman–Crippen LogP) is 5.58. The maximum atomic E-state index is 9.17. The molecule has 0 aliphatic heterocycles. The van der Waals surface area contributed by atoms with E-state index in [0.29, 0.717) is 0 Å². The molecule has 0 N–H and O–H groups in total. The molecular formula is C20H21N3. The number of rotatable bonds is 5. The lowest BCUT2D eigenvalue weighted by Crippen LogP contribution is -2.38. The average Bonchev–Trinajstić information content (AvgIpc) is 2.61. The van der Waals surface area contributed by atoms with E-state index in [0.717, 1.165) is 25.7 Å². The Hall–Kier alpha value is -2.51. The third-order valence-corrected chi connectivity index (χ3v) is 4.97. The lowest BCUT2D eigenvalue weighted by atomic mass is 9.68. The second kappa shape index (κ2) is 6.72. The molecule has 2 aromatic carbocycles. The third-order valence-electron chi connectivity index (χ3n) is 4.97. The number of azide groups is 1. The van der Waals surface area contributed by atoms with Crippen LogP contribution in [0.1, 0.15) is 35.4 Å². The van der Waals surface area contributed by atoms with E-state index < -0.39 is 5.54 Å². The normalized spacial score (nSPS) is 22.7. The fourth-order valence-corrected chi connectivity index (χ4v) is 3.74. The highest BCUT2D eigenvalue weighted by atomic mass is 15.2. The van der Waals surface area contributed by atoms with Crippen LogP contribution in [0.4, 0.5) is 0 Å². The smallest absolute Gasteiger partial charge is 0.0597 e. The standard InChI is InChI=1S/C20H21N3/c1-2-19-18-11-7-6-10-17(18)13-15-20(19,22-23-21)14-12-16-8-4-3-5-9-16/h2-11,19H,1,12-15H2/t19-,20+/m0/s1. The van der Waals surface area contributed by atoms with E-state index in [2.05, 4.69) is 65.1 Å². The van der Waals surface area contributed by atoms with Crippen LogP contribution in [0, 0.1) is 0 Å². The molecule has 3 nitrogen and oxygen atoms in total. The molecule has 0 unspecified atom stereocenters. The van der Waals surface area contributed by atoms with Crippen molar-refractivity contribution >= 4 is 0 Å². The highest BCUT2D eigenvalue weighted by Gasteiger charge is 2.40. The molecule has 0 aromatic heterocycles. The molecule has 0 heterocycles. The Kier molecular flexibility index (Phi) is 4.50. The average molecular weight is 303 g/mol. The summed E-state index contributed by atoms with van der Waals surface area (Å²) in [5.41, 5.74) is 12.6. The minimum atomic E-state index is -0.416. The van der Waals surface area contributed by atoms with Crippen LogP contribution in [-0.4, -0.2) is 5.54 Å². The first-order valence-electron chi connectivity index (χ1n) is 8.09. The predicted molar refractivity (Wildman–Crippen MR) is 94.3 cm³/mol. The zero-order chi connectivity index (χ0) is 16.1.